The minimum absolute atomic E-state index is 0.0228. The Labute approximate surface area is 169 Å². The van der Waals surface area contributed by atoms with Crippen LogP contribution in [0.4, 0.5) is 5.69 Å². The van der Waals surface area contributed by atoms with Gasteiger partial charge in [-0.1, -0.05) is 43.3 Å². The van der Waals surface area contributed by atoms with E-state index in [9.17, 15) is 9.59 Å². The number of carbonyl (C=O) groups excluding carboxylic acids is 2. The highest BCUT2D eigenvalue weighted by Gasteiger charge is 2.16. The van der Waals surface area contributed by atoms with E-state index in [1.807, 2.05) is 62.4 Å². The quantitative estimate of drug-likeness (QED) is 0.569. The number of hydrogen-bond donors (Lipinski definition) is 1. The number of para-hydroxylation sites is 2. The number of carbonyl (C=O) groups is 2. The Bertz CT molecular complexity index is 978. The van der Waals surface area contributed by atoms with Gasteiger partial charge >= 0.3 is 5.97 Å². The topological polar surface area (TPSA) is 77.8 Å². The SMILES string of the molecule is CCc1cccc(C)c1NC(=O)COC(=O)c1ccc(COc2ccccc2)o1. The second-order valence-electron chi connectivity index (χ2n) is 6.45. The molecule has 6 heteroatoms. The van der Waals surface area contributed by atoms with Crippen molar-refractivity contribution >= 4 is 17.6 Å². The van der Waals surface area contributed by atoms with Gasteiger partial charge in [0.1, 0.15) is 18.1 Å². The lowest BCUT2D eigenvalue weighted by molar-refractivity contribution is -0.119. The van der Waals surface area contributed by atoms with E-state index in [2.05, 4.69) is 5.32 Å². The number of anilines is 1. The lowest BCUT2D eigenvalue weighted by Crippen LogP contribution is -2.22. The van der Waals surface area contributed by atoms with Gasteiger partial charge in [-0.2, -0.15) is 0 Å². The van der Waals surface area contributed by atoms with Crippen molar-refractivity contribution in [3.8, 4) is 5.75 Å². The van der Waals surface area contributed by atoms with Crippen molar-refractivity contribution in [2.75, 3.05) is 11.9 Å². The van der Waals surface area contributed by atoms with Gasteiger partial charge < -0.3 is 19.2 Å². The smallest absolute Gasteiger partial charge is 0.374 e. The molecule has 0 unspecified atom stereocenters. The molecule has 6 nitrogen and oxygen atoms in total. The minimum Gasteiger partial charge on any atom is -0.486 e. The van der Waals surface area contributed by atoms with Gasteiger partial charge in [-0.3, -0.25) is 4.79 Å². The monoisotopic (exact) mass is 393 g/mol. The predicted octanol–water partition coefficient (Wildman–Crippen LogP) is 4.52. The largest absolute Gasteiger partial charge is 0.486 e. The number of amides is 1. The highest BCUT2D eigenvalue weighted by molar-refractivity contribution is 5.95. The Morgan fingerprint density at radius 3 is 2.55 bits per heavy atom. The van der Waals surface area contributed by atoms with E-state index in [0.717, 1.165) is 23.2 Å². The van der Waals surface area contributed by atoms with E-state index in [-0.39, 0.29) is 12.4 Å². The van der Waals surface area contributed by atoms with Crippen LogP contribution in [-0.2, 0) is 22.6 Å². The summed E-state index contributed by atoms with van der Waals surface area (Å²) in [6, 6.07) is 18.2. The summed E-state index contributed by atoms with van der Waals surface area (Å²) in [6.07, 6.45) is 0.789. The van der Waals surface area contributed by atoms with Crippen LogP contribution < -0.4 is 10.1 Å². The van der Waals surface area contributed by atoms with Crippen LogP contribution in [0, 0.1) is 6.92 Å². The van der Waals surface area contributed by atoms with E-state index in [4.69, 9.17) is 13.9 Å². The lowest BCUT2D eigenvalue weighted by atomic mass is 10.1. The van der Waals surface area contributed by atoms with Gasteiger partial charge in [-0.05, 0) is 48.7 Å². The standard InChI is InChI=1S/C23H23NO5/c1-3-17-9-7-8-16(2)22(17)24-21(25)15-28-23(26)20-13-12-19(29-20)14-27-18-10-5-4-6-11-18/h4-13H,3,14-15H2,1-2H3,(H,24,25). The molecule has 0 bridgehead atoms. The third-order valence-corrected chi connectivity index (χ3v) is 4.33. The van der Waals surface area contributed by atoms with Gasteiger partial charge in [-0.25, -0.2) is 4.79 Å². The van der Waals surface area contributed by atoms with Crippen LogP contribution in [-0.4, -0.2) is 18.5 Å². The fourth-order valence-corrected chi connectivity index (χ4v) is 2.82. The molecule has 3 aromatic rings. The number of nitrogens with one attached hydrogen (secondary N) is 1. The zero-order valence-electron chi connectivity index (χ0n) is 16.4. The molecule has 3 rings (SSSR count). The molecule has 150 valence electrons. The van der Waals surface area contributed by atoms with Crippen LogP contribution >= 0.6 is 0 Å². The summed E-state index contributed by atoms with van der Waals surface area (Å²) in [6.45, 7) is 3.72. The van der Waals surface area contributed by atoms with Gasteiger partial charge in [0.25, 0.3) is 5.91 Å². The normalized spacial score (nSPS) is 10.4. The number of benzene rings is 2. The van der Waals surface area contributed by atoms with E-state index in [0.29, 0.717) is 11.5 Å². The molecule has 2 aromatic carbocycles. The third kappa shape index (κ3) is 5.48. The van der Waals surface area contributed by atoms with Crippen molar-refractivity contribution < 1.29 is 23.5 Å². The summed E-state index contributed by atoms with van der Waals surface area (Å²) >= 11 is 0. The summed E-state index contributed by atoms with van der Waals surface area (Å²) in [4.78, 5) is 24.3. The van der Waals surface area contributed by atoms with Crippen molar-refractivity contribution in [1.29, 1.82) is 0 Å². The average molecular weight is 393 g/mol. The number of esters is 1. The van der Waals surface area contributed by atoms with Crippen LogP contribution in [0.15, 0.2) is 65.1 Å². The summed E-state index contributed by atoms with van der Waals surface area (Å²) < 4.78 is 16.1. The first-order valence-electron chi connectivity index (χ1n) is 9.39. The number of hydrogen-bond acceptors (Lipinski definition) is 5. The van der Waals surface area contributed by atoms with Crippen molar-refractivity contribution in [1.82, 2.24) is 0 Å². The second-order valence-corrected chi connectivity index (χ2v) is 6.45. The molecule has 1 aromatic heterocycles. The first-order chi connectivity index (χ1) is 14.1. The van der Waals surface area contributed by atoms with Gasteiger partial charge in [0.05, 0.1) is 0 Å². The Balaban J connectivity index is 1.51. The number of rotatable bonds is 8. The van der Waals surface area contributed by atoms with E-state index >= 15 is 0 Å². The fourth-order valence-electron chi connectivity index (χ4n) is 2.82. The third-order valence-electron chi connectivity index (χ3n) is 4.33. The predicted molar refractivity (Wildman–Crippen MR) is 109 cm³/mol. The maximum Gasteiger partial charge on any atom is 0.374 e. The summed E-state index contributed by atoms with van der Waals surface area (Å²) in [5, 5.41) is 2.81. The molecule has 1 heterocycles. The zero-order valence-corrected chi connectivity index (χ0v) is 16.4. The van der Waals surface area contributed by atoms with Crippen LogP contribution in [0.1, 0.15) is 34.4 Å². The molecule has 0 aliphatic rings. The van der Waals surface area contributed by atoms with E-state index in [1.54, 1.807) is 6.07 Å². The fraction of sp³-hybridized carbons (Fsp3) is 0.217. The van der Waals surface area contributed by atoms with Crippen molar-refractivity contribution in [2.24, 2.45) is 0 Å². The first kappa shape index (κ1) is 20.2. The Kier molecular flexibility index (Phi) is 6.68. The highest BCUT2D eigenvalue weighted by Crippen LogP contribution is 2.21. The zero-order chi connectivity index (χ0) is 20.6. The molecule has 0 saturated carbocycles. The maximum atomic E-state index is 12.2. The maximum absolute atomic E-state index is 12.2. The molecule has 1 amide bonds. The molecule has 29 heavy (non-hydrogen) atoms. The molecule has 1 N–H and O–H groups in total. The van der Waals surface area contributed by atoms with Crippen molar-refractivity contribution in [3.63, 3.8) is 0 Å². The Morgan fingerprint density at radius 2 is 1.79 bits per heavy atom. The van der Waals surface area contributed by atoms with Crippen molar-refractivity contribution in [2.45, 2.75) is 26.9 Å². The highest BCUT2D eigenvalue weighted by atomic mass is 16.6. The number of aryl methyl sites for hydroxylation is 2. The molecule has 0 aliphatic heterocycles. The summed E-state index contributed by atoms with van der Waals surface area (Å²) in [7, 11) is 0. The molecule has 0 saturated heterocycles. The Morgan fingerprint density at radius 1 is 1.00 bits per heavy atom. The number of ether oxygens (including phenoxy) is 2. The second kappa shape index (κ2) is 9.59. The molecular weight excluding hydrogens is 370 g/mol. The van der Waals surface area contributed by atoms with Gasteiger partial charge in [0.15, 0.2) is 6.61 Å². The summed E-state index contributed by atoms with van der Waals surface area (Å²) in [5.41, 5.74) is 2.74. The van der Waals surface area contributed by atoms with Crippen molar-refractivity contribution in [3.05, 3.63) is 83.3 Å². The molecule has 0 fully saturated rings. The minimum atomic E-state index is -0.702. The van der Waals surface area contributed by atoms with Gasteiger partial charge in [-0.15, -0.1) is 0 Å². The van der Waals surface area contributed by atoms with E-state index < -0.39 is 18.5 Å². The lowest BCUT2D eigenvalue weighted by Gasteiger charge is -2.12. The van der Waals surface area contributed by atoms with Crippen LogP contribution in [0.25, 0.3) is 0 Å². The van der Waals surface area contributed by atoms with Gasteiger partial charge in [0.2, 0.25) is 5.76 Å². The Hall–Kier alpha value is -3.54. The molecule has 0 radical (unpaired) electrons. The summed E-state index contributed by atoms with van der Waals surface area (Å²) in [5.74, 6) is 0.104. The van der Waals surface area contributed by atoms with Crippen LogP contribution in [0.3, 0.4) is 0 Å². The average Bonchev–Trinajstić information content (AvgIpc) is 3.22. The van der Waals surface area contributed by atoms with Crippen LogP contribution in [0.5, 0.6) is 5.75 Å². The molecule has 0 spiro atoms. The molecular formula is C23H23NO5. The molecule has 0 aliphatic carbocycles. The number of furan rings is 1. The van der Waals surface area contributed by atoms with Crippen LogP contribution in [0.2, 0.25) is 0 Å². The molecule has 0 atom stereocenters. The first-order valence-corrected chi connectivity index (χ1v) is 9.39. The van der Waals surface area contributed by atoms with Gasteiger partial charge in [0, 0.05) is 5.69 Å². The van der Waals surface area contributed by atoms with E-state index in [1.165, 1.54) is 6.07 Å².